The van der Waals surface area contributed by atoms with E-state index in [2.05, 4.69) is 23.8 Å². The van der Waals surface area contributed by atoms with Crippen molar-refractivity contribution >= 4 is 21.6 Å². The molecule has 0 heterocycles. The summed E-state index contributed by atoms with van der Waals surface area (Å²) in [6, 6.07) is 6.37. The van der Waals surface area contributed by atoms with Gasteiger partial charge in [-0.3, -0.25) is 0 Å². The van der Waals surface area contributed by atoms with E-state index in [0.29, 0.717) is 36.0 Å². The van der Waals surface area contributed by atoms with Crippen LogP contribution in [0, 0.1) is 17.3 Å². The highest BCUT2D eigenvalue weighted by Gasteiger charge is 2.85. The maximum absolute atomic E-state index is 13.1. The Morgan fingerprint density at radius 3 is 2.35 bits per heavy atom. The standard InChI is InChI=1S/C34H45F9O4S2/c1-30-14-13-26-25-10-7-23(45-16-4-18-48-49-24-8-6-22(20-24)44-2)19-21(25)5-9-27(26)28(30)11-12-29(30)46-15-3-17-47-31(32(35,36)37,33(38,39)40)34(41,42)43/h7,10,19,22,24,26-29H,3-6,8-9,11-18,20H2,1-2H3/t22?,24?,26?,27?,28?,29-,30-/m0/s1/i2D. The van der Waals surface area contributed by atoms with Gasteiger partial charge in [0.05, 0.1) is 26.8 Å². The molecule has 1 aromatic carbocycles. The Kier molecular flexibility index (Phi) is 11.9. The number of halogens is 9. The Morgan fingerprint density at radius 1 is 0.878 bits per heavy atom. The molecule has 3 saturated carbocycles. The third kappa shape index (κ3) is 8.15. The summed E-state index contributed by atoms with van der Waals surface area (Å²) in [5.41, 5.74) is -3.88. The number of aryl methyl sites for hydroxylation is 1. The summed E-state index contributed by atoms with van der Waals surface area (Å²) in [6.07, 6.45) is -11.6. The molecule has 280 valence electrons. The highest BCUT2D eigenvalue weighted by atomic mass is 33.1. The lowest BCUT2D eigenvalue weighted by atomic mass is 9.55. The van der Waals surface area contributed by atoms with Crippen LogP contribution in [0.1, 0.15) is 89.5 Å². The number of fused-ring (bicyclic) bond motifs is 5. The van der Waals surface area contributed by atoms with E-state index < -0.39 is 37.2 Å². The predicted molar refractivity (Wildman–Crippen MR) is 171 cm³/mol. The summed E-state index contributed by atoms with van der Waals surface area (Å²) in [5.74, 6) is 2.94. The van der Waals surface area contributed by atoms with Crippen LogP contribution in [-0.2, 0) is 20.6 Å². The maximum Gasteiger partial charge on any atom is 0.435 e. The molecule has 0 aliphatic heterocycles. The van der Waals surface area contributed by atoms with Gasteiger partial charge in [0.15, 0.2) is 0 Å². The normalized spacial score (nSPS) is 30.9. The molecule has 0 bridgehead atoms. The molecular weight excluding hydrogens is 707 g/mol. The first kappa shape index (κ1) is 37.7. The van der Waals surface area contributed by atoms with Gasteiger partial charge < -0.3 is 18.9 Å². The lowest BCUT2D eigenvalue weighted by Gasteiger charge is -2.50. The van der Waals surface area contributed by atoms with Gasteiger partial charge in [0.2, 0.25) is 0 Å². The minimum atomic E-state index is -6.74. The molecule has 5 unspecified atom stereocenters. The SMILES string of the molecule is [2H]COC1CCC(SSCCCOc2ccc3c(c2)CCC2C3CC[C@@]3(C)C2CC[C@@H]3OCCCOC(C(F)(F)F)(C(F)(F)F)C(F)(F)F)C1. The molecule has 7 atom stereocenters. The Balaban J connectivity index is 1.07. The van der Waals surface area contributed by atoms with Gasteiger partial charge in [-0.1, -0.05) is 34.6 Å². The Hall–Kier alpha value is -1.03. The Bertz CT molecular complexity index is 1230. The van der Waals surface area contributed by atoms with Crippen molar-refractivity contribution in [2.24, 2.45) is 17.3 Å². The van der Waals surface area contributed by atoms with Gasteiger partial charge in [0.1, 0.15) is 5.75 Å². The molecule has 49 heavy (non-hydrogen) atoms. The van der Waals surface area contributed by atoms with Gasteiger partial charge in [-0.05, 0) is 117 Å². The minimum absolute atomic E-state index is 0.0270. The largest absolute Gasteiger partial charge is 0.494 e. The van der Waals surface area contributed by atoms with Gasteiger partial charge in [0, 0.05) is 24.7 Å². The highest BCUT2D eigenvalue weighted by Crippen LogP contribution is 2.62. The predicted octanol–water partition coefficient (Wildman–Crippen LogP) is 10.5. The molecule has 0 aromatic heterocycles. The smallest absolute Gasteiger partial charge is 0.435 e. The van der Waals surface area contributed by atoms with Crippen LogP contribution < -0.4 is 4.74 Å². The molecule has 0 saturated heterocycles. The van der Waals surface area contributed by atoms with Crippen molar-refractivity contribution in [2.75, 3.05) is 32.7 Å². The summed E-state index contributed by atoms with van der Waals surface area (Å²) in [5, 5.41) is 0.581. The number of ether oxygens (including phenoxy) is 4. The van der Waals surface area contributed by atoms with Gasteiger partial charge in [-0.15, -0.1) is 0 Å². The number of hydrogen-bond donors (Lipinski definition) is 0. The quantitative estimate of drug-likeness (QED) is 0.107. The van der Waals surface area contributed by atoms with Gasteiger partial charge in [-0.25, -0.2) is 0 Å². The third-order valence-electron chi connectivity index (χ3n) is 11.2. The van der Waals surface area contributed by atoms with E-state index in [-0.39, 0.29) is 31.3 Å². The maximum atomic E-state index is 13.1. The monoisotopic (exact) mass is 753 g/mol. The van der Waals surface area contributed by atoms with Crippen LogP contribution in [0.25, 0.3) is 0 Å². The molecule has 0 N–H and O–H groups in total. The van der Waals surface area contributed by atoms with Crippen LogP contribution in [0.15, 0.2) is 18.2 Å². The summed E-state index contributed by atoms with van der Waals surface area (Å²) < 4.78 is 147. The van der Waals surface area contributed by atoms with E-state index in [1.807, 2.05) is 27.7 Å². The molecule has 1 aromatic rings. The molecule has 15 heteroatoms. The fourth-order valence-corrected chi connectivity index (χ4v) is 11.5. The van der Waals surface area contributed by atoms with Crippen molar-refractivity contribution in [3.8, 4) is 5.75 Å². The number of benzene rings is 1. The lowest BCUT2D eigenvalue weighted by molar-refractivity contribution is -0.457. The van der Waals surface area contributed by atoms with Crippen LogP contribution >= 0.6 is 21.6 Å². The van der Waals surface area contributed by atoms with Crippen molar-refractivity contribution in [3.63, 3.8) is 0 Å². The summed E-state index contributed by atoms with van der Waals surface area (Å²) in [7, 11) is 3.80. The fraction of sp³-hybridized carbons (Fsp3) is 0.824. The second kappa shape index (κ2) is 15.5. The van der Waals surface area contributed by atoms with Crippen LogP contribution in [0.3, 0.4) is 0 Å². The average Bonchev–Trinajstić information content (AvgIpc) is 3.61. The van der Waals surface area contributed by atoms with Crippen LogP contribution in [0.4, 0.5) is 39.5 Å². The van der Waals surface area contributed by atoms with Crippen molar-refractivity contribution in [1.29, 1.82) is 0 Å². The Labute approximate surface area is 291 Å². The zero-order valence-corrected chi connectivity index (χ0v) is 29.0. The topological polar surface area (TPSA) is 36.9 Å². The third-order valence-corrected chi connectivity index (χ3v) is 14.2. The molecule has 5 rings (SSSR count). The van der Waals surface area contributed by atoms with Crippen molar-refractivity contribution in [2.45, 2.75) is 125 Å². The van der Waals surface area contributed by atoms with E-state index in [0.717, 1.165) is 69.3 Å². The number of methoxy groups -OCH3 is 1. The first-order valence-electron chi connectivity index (χ1n) is 17.6. The van der Waals surface area contributed by atoms with Gasteiger partial charge in [-0.2, -0.15) is 39.5 Å². The van der Waals surface area contributed by atoms with E-state index in [1.165, 1.54) is 11.1 Å². The van der Waals surface area contributed by atoms with E-state index in [1.54, 1.807) is 0 Å². The Morgan fingerprint density at radius 2 is 1.63 bits per heavy atom. The molecule has 3 fully saturated rings. The first-order valence-corrected chi connectivity index (χ1v) is 19.3. The summed E-state index contributed by atoms with van der Waals surface area (Å²) in [6.45, 7) is 1.03. The molecule has 0 spiro atoms. The molecule has 4 nitrogen and oxygen atoms in total. The number of hydrogen-bond acceptors (Lipinski definition) is 6. The number of rotatable bonds is 14. The second-order valence-electron chi connectivity index (χ2n) is 14.0. The van der Waals surface area contributed by atoms with Crippen molar-refractivity contribution in [1.82, 2.24) is 0 Å². The van der Waals surface area contributed by atoms with Gasteiger partial charge >= 0.3 is 24.1 Å². The highest BCUT2D eigenvalue weighted by molar-refractivity contribution is 8.76. The van der Waals surface area contributed by atoms with E-state index in [4.69, 9.17) is 15.6 Å². The van der Waals surface area contributed by atoms with Crippen LogP contribution in [-0.4, -0.2) is 74.2 Å². The zero-order valence-electron chi connectivity index (χ0n) is 28.4. The minimum Gasteiger partial charge on any atom is -0.494 e. The zero-order chi connectivity index (χ0) is 36.4. The van der Waals surface area contributed by atoms with Crippen LogP contribution in [0.5, 0.6) is 5.75 Å². The summed E-state index contributed by atoms with van der Waals surface area (Å²) >= 11 is 0. The average molecular weight is 754 g/mol. The van der Waals surface area contributed by atoms with Crippen LogP contribution in [0.2, 0.25) is 0 Å². The molecular formula is C34H45F9O4S2. The molecule has 0 radical (unpaired) electrons. The molecule has 4 aliphatic rings. The number of alkyl halides is 9. The van der Waals surface area contributed by atoms with E-state index in [9.17, 15) is 39.5 Å². The first-order chi connectivity index (χ1) is 23.5. The van der Waals surface area contributed by atoms with Crippen molar-refractivity contribution < 1.29 is 59.8 Å². The second-order valence-corrected chi connectivity index (χ2v) is 16.8. The van der Waals surface area contributed by atoms with E-state index >= 15 is 0 Å². The van der Waals surface area contributed by atoms with Crippen molar-refractivity contribution in [3.05, 3.63) is 29.3 Å². The summed E-state index contributed by atoms with van der Waals surface area (Å²) in [4.78, 5) is 0. The molecule has 4 aliphatic carbocycles. The van der Waals surface area contributed by atoms with Gasteiger partial charge in [0.25, 0.3) is 0 Å². The molecule has 0 amide bonds. The fourth-order valence-electron chi connectivity index (χ4n) is 8.70. The lowest BCUT2D eigenvalue weighted by Crippen LogP contribution is -2.67.